The standard InChI is InChI=1S/C19H25ClO5/c1-3-4-5-6-7-11-14-17(23-18(21)15(2)20)24-25-19(22)16-12-9-8-10-13-16/h8-10,12-13,17H,2-7,11,14H2,1H3. The lowest BCUT2D eigenvalue weighted by Crippen LogP contribution is -2.23. The molecule has 1 aromatic carbocycles. The van der Waals surface area contributed by atoms with E-state index < -0.39 is 18.2 Å². The third-order valence-electron chi connectivity index (χ3n) is 3.49. The molecule has 1 aromatic rings. The van der Waals surface area contributed by atoms with Crippen LogP contribution in [0.4, 0.5) is 0 Å². The summed E-state index contributed by atoms with van der Waals surface area (Å²) in [5.74, 6) is -1.46. The monoisotopic (exact) mass is 368 g/mol. The molecule has 0 saturated heterocycles. The second-order valence-electron chi connectivity index (χ2n) is 5.63. The molecule has 0 aromatic heterocycles. The zero-order valence-corrected chi connectivity index (χ0v) is 15.3. The maximum absolute atomic E-state index is 11.9. The van der Waals surface area contributed by atoms with Crippen molar-refractivity contribution in [1.29, 1.82) is 0 Å². The van der Waals surface area contributed by atoms with E-state index in [1.54, 1.807) is 30.3 Å². The molecule has 0 N–H and O–H groups in total. The molecule has 6 heteroatoms. The SMILES string of the molecule is C=C(Cl)C(=O)OC(CCCCCCCC)OOC(=O)c1ccccc1. The summed E-state index contributed by atoms with van der Waals surface area (Å²) < 4.78 is 5.06. The summed E-state index contributed by atoms with van der Waals surface area (Å²) in [6, 6.07) is 8.40. The minimum absolute atomic E-state index is 0.258. The molecule has 0 saturated carbocycles. The van der Waals surface area contributed by atoms with Crippen LogP contribution >= 0.6 is 11.6 Å². The maximum Gasteiger partial charge on any atom is 0.373 e. The van der Waals surface area contributed by atoms with Gasteiger partial charge in [0.2, 0.25) is 6.29 Å². The van der Waals surface area contributed by atoms with E-state index in [9.17, 15) is 9.59 Å². The van der Waals surface area contributed by atoms with E-state index in [-0.39, 0.29) is 5.03 Å². The first-order valence-corrected chi connectivity index (χ1v) is 8.90. The van der Waals surface area contributed by atoms with Crippen molar-refractivity contribution in [3.05, 3.63) is 47.5 Å². The van der Waals surface area contributed by atoms with Crippen LogP contribution in [0.5, 0.6) is 0 Å². The average molecular weight is 369 g/mol. The van der Waals surface area contributed by atoms with Gasteiger partial charge in [0.1, 0.15) is 5.03 Å². The Morgan fingerprint density at radius 2 is 1.72 bits per heavy atom. The second-order valence-corrected chi connectivity index (χ2v) is 6.09. The Hall–Kier alpha value is -1.85. The molecule has 1 rings (SSSR count). The topological polar surface area (TPSA) is 61.8 Å². The van der Waals surface area contributed by atoms with Crippen LogP contribution in [0.3, 0.4) is 0 Å². The second kappa shape index (κ2) is 12.5. The first-order valence-electron chi connectivity index (χ1n) is 8.52. The highest BCUT2D eigenvalue weighted by atomic mass is 35.5. The molecule has 5 nitrogen and oxygen atoms in total. The molecular weight excluding hydrogens is 344 g/mol. The van der Waals surface area contributed by atoms with Crippen molar-refractivity contribution in [3.63, 3.8) is 0 Å². The van der Waals surface area contributed by atoms with Gasteiger partial charge >= 0.3 is 11.9 Å². The molecule has 1 unspecified atom stereocenters. The van der Waals surface area contributed by atoms with Crippen LogP contribution in [0.2, 0.25) is 0 Å². The Morgan fingerprint density at radius 3 is 2.36 bits per heavy atom. The van der Waals surface area contributed by atoms with Crippen molar-refractivity contribution >= 4 is 23.5 Å². The summed E-state index contributed by atoms with van der Waals surface area (Å²) in [6.07, 6.45) is 5.80. The fourth-order valence-electron chi connectivity index (χ4n) is 2.12. The van der Waals surface area contributed by atoms with Crippen LogP contribution in [0.25, 0.3) is 0 Å². The van der Waals surface area contributed by atoms with Gasteiger partial charge in [0.05, 0.1) is 5.56 Å². The molecule has 0 radical (unpaired) electrons. The van der Waals surface area contributed by atoms with E-state index in [1.165, 1.54) is 19.3 Å². The summed E-state index contributed by atoms with van der Waals surface area (Å²) in [7, 11) is 0. The van der Waals surface area contributed by atoms with Crippen molar-refractivity contribution in [2.24, 2.45) is 0 Å². The summed E-state index contributed by atoms with van der Waals surface area (Å²) in [5, 5.41) is -0.258. The van der Waals surface area contributed by atoms with Crippen LogP contribution < -0.4 is 0 Å². The first-order chi connectivity index (χ1) is 12.0. The van der Waals surface area contributed by atoms with Crippen molar-refractivity contribution in [2.45, 2.75) is 58.2 Å². The number of hydrogen-bond donors (Lipinski definition) is 0. The summed E-state index contributed by atoms with van der Waals surface area (Å²) in [5.41, 5.74) is 0.342. The highest BCUT2D eigenvalue weighted by molar-refractivity contribution is 6.40. The fraction of sp³-hybridized carbons (Fsp3) is 0.474. The van der Waals surface area contributed by atoms with Crippen molar-refractivity contribution in [2.75, 3.05) is 0 Å². The van der Waals surface area contributed by atoms with E-state index in [1.807, 2.05) is 0 Å². The molecule has 0 fully saturated rings. The fourth-order valence-corrected chi connectivity index (χ4v) is 2.17. The van der Waals surface area contributed by atoms with Gasteiger partial charge in [-0.3, -0.25) is 4.89 Å². The third kappa shape index (κ3) is 9.27. The van der Waals surface area contributed by atoms with Crippen LogP contribution in [-0.4, -0.2) is 18.2 Å². The summed E-state index contributed by atoms with van der Waals surface area (Å²) >= 11 is 5.52. The first kappa shape index (κ1) is 21.2. The Labute approximate surface area is 153 Å². The number of carbonyl (C=O) groups is 2. The smallest absolute Gasteiger partial charge is 0.373 e. The molecule has 0 aliphatic rings. The van der Waals surface area contributed by atoms with Crippen LogP contribution in [0.1, 0.15) is 62.2 Å². The normalized spacial score (nSPS) is 11.6. The van der Waals surface area contributed by atoms with Crippen molar-refractivity contribution in [1.82, 2.24) is 0 Å². The highest BCUT2D eigenvalue weighted by Gasteiger charge is 2.20. The average Bonchev–Trinajstić information content (AvgIpc) is 2.62. The molecule has 0 aliphatic heterocycles. The van der Waals surface area contributed by atoms with Crippen LogP contribution in [-0.2, 0) is 19.3 Å². The predicted molar refractivity (Wildman–Crippen MR) is 95.8 cm³/mol. The number of benzene rings is 1. The third-order valence-corrected chi connectivity index (χ3v) is 3.65. The molecule has 0 bridgehead atoms. The summed E-state index contributed by atoms with van der Waals surface area (Å²) in [6.45, 7) is 5.46. The van der Waals surface area contributed by atoms with Gasteiger partial charge in [0.25, 0.3) is 0 Å². The molecule has 138 valence electrons. The van der Waals surface area contributed by atoms with Crippen LogP contribution in [0, 0.1) is 0 Å². The lowest BCUT2D eigenvalue weighted by Gasteiger charge is -2.16. The van der Waals surface area contributed by atoms with Gasteiger partial charge in [-0.2, -0.15) is 0 Å². The zero-order chi connectivity index (χ0) is 18.5. The van der Waals surface area contributed by atoms with E-state index in [0.717, 1.165) is 19.3 Å². The van der Waals surface area contributed by atoms with Gasteiger partial charge in [-0.25, -0.2) is 9.59 Å². The van der Waals surface area contributed by atoms with Gasteiger partial charge < -0.3 is 4.74 Å². The van der Waals surface area contributed by atoms with E-state index in [4.69, 9.17) is 26.1 Å². The predicted octanol–water partition coefficient (Wildman–Crippen LogP) is 5.15. The molecular formula is C19H25ClO5. The molecule has 0 aliphatic carbocycles. The number of halogens is 1. The van der Waals surface area contributed by atoms with Gasteiger partial charge in [-0.1, -0.05) is 75.4 Å². The summed E-state index contributed by atoms with van der Waals surface area (Å²) in [4.78, 5) is 33.2. The van der Waals surface area contributed by atoms with Gasteiger partial charge in [0, 0.05) is 6.42 Å². The number of unbranched alkanes of at least 4 members (excludes halogenated alkanes) is 5. The number of carbonyl (C=O) groups excluding carboxylic acids is 2. The minimum Gasteiger partial charge on any atom is -0.428 e. The van der Waals surface area contributed by atoms with Gasteiger partial charge in [0.15, 0.2) is 0 Å². The Kier molecular flexibility index (Phi) is 10.6. The van der Waals surface area contributed by atoms with Gasteiger partial charge in [-0.05, 0) is 18.6 Å². The quantitative estimate of drug-likeness (QED) is 0.127. The number of rotatable bonds is 12. The van der Waals surface area contributed by atoms with Crippen molar-refractivity contribution < 1.29 is 24.1 Å². The number of hydrogen-bond acceptors (Lipinski definition) is 5. The Bertz CT molecular complexity index is 544. The Balaban J connectivity index is 2.45. The lowest BCUT2D eigenvalue weighted by molar-refractivity contribution is -0.331. The number of ether oxygens (including phenoxy) is 1. The van der Waals surface area contributed by atoms with E-state index in [0.29, 0.717) is 12.0 Å². The van der Waals surface area contributed by atoms with E-state index in [2.05, 4.69) is 13.5 Å². The molecule has 1 atom stereocenters. The van der Waals surface area contributed by atoms with Crippen LogP contribution in [0.15, 0.2) is 41.9 Å². The minimum atomic E-state index is -1.01. The maximum atomic E-state index is 11.9. The molecule has 25 heavy (non-hydrogen) atoms. The zero-order valence-electron chi connectivity index (χ0n) is 14.5. The highest BCUT2D eigenvalue weighted by Crippen LogP contribution is 2.14. The van der Waals surface area contributed by atoms with E-state index >= 15 is 0 Å². The largest absolute Gasteiger partial charge is 0.428 e. The molecule has 0 amide bonds. The Morgan fingerprint density at radius 1 is 1.08 bits per heavy atom. The molecule has 0 heterocycles. The lowest BCUT2D eigenvalue weighted by atomic mass is 10.1. The number of esters is 1. The van der Waals surface area contributed by atoms with Gasteiger partial charge in [-0.15, -0.1) is 4.89 Å². The molecule has 0 spiro atoms. The van der Waals surface area contributed by atoms with Crippen molar-refractivity contribution in [3.8, 4) is 0 Å².